The normalized spacial score (nSPS) is 12.1. The van der Waals surface area contributed by atoms with Gasteiger partial charge in [0.25, 0.3) is 0 Å². The van der Waals surface area contributed by atoms with Gasteiger partial charge in [-0.3, -0.25) is 0 Å². The largest absolute Gasteiger partial charge is 0.493 e. The van der Waals surface area contributed by atoms with Crippen molar-refractivity contribution in [2.24, 2.45) is 5.92 Å². The van der Waals surface area contributed by atoms with E-state index >= 15 is 0 Å². The Labute approximate surface area is 122 Å². The zero-order valence-corrected chi connectivity index (χ0v) is 13.6. The summed E-state index contributed by atoms with van der Waals surface area (Å²) in [7, 11) is -1.76. The van der Waals surface area contributed by atoms with Crippen LogP contribution in [0.5, 0.6) is 5.75 Å². The van der Waals surface area contributed by atoms with E-state index in [1.807, 2.05) is 6.92 Å². The molecule has 0 saturated carbocycles. The molecule has 4 nitrogen and oxygen atoms in total. The third-order valence-corrected chi connectivity index (χ3v) is 4.81. The molecule has 1 aromatic rings. The van der Waals surface area contributed by atoms with Crippen molar-refractivity contribution in [2.45, 2.75) is 38.5 Å². The van der Waals surface area contributed by atoms with Gasteiger partial charge in [0.05, 0.1) is 11.5 Å². The highest BCUT2D eigenvalue weighted by molar-refractivity contribution is 7.89. The number of hydrogen-bond donors (Lipinski definition) is 0. The topological polar surface area (TPSA) is 46.6 Å². The molecule has 0 aromatic heterocycles. The average molecular weight is 299 g/mol. The fourth-order valence-corrected chi connectivity index (χ4v) is 2.86. The predicted octanol–water partition coefficient (Wildman–Crippen LogP) is 3.14. The molecule has 0 radical (unpaired) electrons. The van der Waals surface area contributed by atoms with Gasteiger partial charge in [-0.05, 0) is 36.6 Å². The lowest BCUT2D eigenvalue weighted by atomic mass is 10.2. The molecule has 1 rings (SSSR count). The molecule has 0 aliphatic carbocycles. The minimum Gasteiger partial charge on any atom is -0.493 e. The van der Waals surface area contributed by atoms with E-state index in [9.17, 15) is 8.42 Å². The monoisotopic (exact) mass is 299 g/mol. The van der Waals surface area contributed by atoms with Gasteiger partial charge >= 0.3 is 0 Å². The molecule has 0 aliphatic heterocycles. The number of benzene rings is 1. The van der Waals surface area contributed by atoms with Gasteiger partial charge in [-0.15, -0.1) is 0 Å². The van der Waals surface area contributed by atoms with Crippen LogP contribution in [0.3, 0.4) is 0 Å². The maximum atomic E-state index is 12.3. The Kier molecular flexibility index (Phi) is 6.49. The van der Waals surface area contributed by atoms with Crippen molar-refractivity contribution in [3.63, 3.8) is 0 Å². The van der Waals surface area contributed by atoms with E-state index in [4.69, 9.17) is 4.74 Å². The Morgan fingerprint density at radius 2 is 1.80 bits per heavy atom. The number of hydrogen-bond acceptors (Lipinski definition) is 3. The molecule has 0 heterocycles. The van der Waals surface area contributed by atoms with Crippen molar-refractivity contribution in [1.29, 1.82) is 0 Å². The number of ether oxygens (including phenoxy) is 1. The lowest BCUT2D eigenvalue weighted by Gasteiger charge is -2.17. The second-order valence-electron chi connectivity index (χ2n) is 5.36. The molecule has 1 aromatic carbocycles. The molecule has 0 atom stereocenters. The first kappa shape index (κ1) is 17.0. The minimum absolute atomic E-state index is 0.313. The zero-order valence-electron chi connectivity index (χ0n) is 12.8. The van der Waals surface area contributed by atoms with E-state index in [-0.39, 0.29) is 0 Å². The number of rotatable bonds is 8. The van der Waals surface area contributed by atoms with Crippen LogP contribution in [0.15, 0.2) is 29.2 Å². The lowest BCUT2D eigenvalue weighted by Crippen LogP contribution is -2.27. The Morgan fingerprint density at radius 3 is 2.30 bits per heavy atom. The van der Waals surface area contributed by atoms with E-state index in [1.165, 1.54) is 4.31 Å². The summed E-state index contributed by atoms with van der Waals surface area (Å²) in [5, 5.41) is 0. The highest BCUT2D eigenvalue weighted by Gasteiger charge is 2.19. The summed E-state index contributed by atoms with van der Waals surface area (Å²) in [5.41, 5.74) is 0. The smallest absolute Gasteiger partial charge is 0.242 e. The van der Waals surface area contributed by atoms with Crippen molar-refractivity contribution in [3.8, 4) is 5.75 Å². The molecule has 0 spiro atoms. The van der Waals surface area contributed by atoms with E-state index in [2.05, 4.69) is 13.8 Å². The van der Waals surface area contributed by atoms with Crippen LogP contribution >= 0.6 is 0 Å². The summed E-state index contributed by atoms with van der Waals surface area (Å²) in [6.07, 6.45) is 1.84. The summed E-state index contributed by atoms with van der Waals surface area (Å²) in [6.45, 7) is 7.36. The lowest BCUT2D eigenvalue weighted by molar-refractivity contribution is 0.271. The molecule has 0 amide bonds. The molecule has 0 unspecified atom stereocenters. The van der Waals surface area contributed by atoms with Gasteiger partial charge in [0, 0.05) is 13.6 Å². The first-order valence-electron chi connectivity index (χ1n) is 7.07. The summed E-state index contributed by atoms with van der Waals surface area (Å²) in [6, 6.07) is 6.63. The second-order valence-corrected chi connectivity index (χ2v) is 7.40. The van der Waals surface area contributed by atoms with E-state index in [0.717, 1.165) is 12.8 Å². The van der Waals surface area contributed by atoms with Crippen LogP contribution in [-0.2, 0) is 10.0 Å². The molecule has 0 saturated heterocycles. The van der Waals surface area contributed by atoms with E-state index < -0.39 is 10.0 Å². The molecular weight excluding hydrogens is 274 g/mol. The summed E-state index contributed by atoms with van der Waals surface area (Å²) in [4.78, 5) is 0.313. The Bertz CT molecular complexity index is 494. The van der Waals surface area contributed by atoms with Crippen LogP contribution in [0.25, 0.3) is 0 Å². The molecule has 0 N–H and O–H groups in total. The molecule has 0 fully saturated rings. The van der Waals surface area contributed by atoms with Crippen molar-refractivity contribution in [1.82, 2.24) is 4.31 Å². The second kappa shape index (κ2) is 7.64. The maximum absolute atomic E-state index is 12.3. The van der Waals surface area contributed by atoms with Crippen LogP contribution in [0.4, 0.5) is 0 Å². The van der Waals surface area contributed by atoms with E-state index in [0.29, 0.717) is 29.7 Å². The predicted molar refractivity (Wildman–Crippen MR) is 81.5 cm³/mol. The van der Waals surface area contributed by atoms with Gasteiger partial charge in [-0.1, -0.05) is 27.2 Å². The van der Waals surface area contributed by atoms with E-state index in [1.54, 1.807) is 31.3 Å². The van der Waals surface area contributed by atoms with Crippen molar-refractivity contribution >= 4 is 10.0 Å². The minimum atomic E-state index is -3.38. The number of unbranched alkanes of at least 4 members (excludes halogenated alkanes) is 1. The zero-order chi connectivity index (χ0) is 15.2. The third-order valence-electron chi connectivity index (χ3n) is 2.94. The molecular formula is C15H25NO3S. The summed E-state index contributed by atoms with van der Waals surface area (Å²) in [5.74, 6) is 1.15. The SMILES string of the molecule is CCCCN(C)S(=O)(=O)c1ccc(OCC(C)C)cc1. The van der Waals surface area contributed by atoms with Gasteiger partial charge in [0.2, 0.25) is 10.0 Å². The average Bonchev–Trinajstić information content (AvgIpc) is 2.42. The Balaban J connectivity index is 2.76. The van der Waals surface area contributed by atoms with Crippen LogP contribution in [0.2, 0.25) is 0 Å². The summed E-state index contributed by atoms with van der Waals surface area (Å²) >= 11 is 0. The first-order chi connectivity index (χ1) is 9.37. The highest BCUT2D eigenvalue weighted by Crippen LogP contribution is 2.19. The molecule has 5 heteroatoms. The molecule has 0 aliphatic rings. The molecule has 0 bridgehead atoms. The Hall–Kier alpha value is -1.07. The summed E-state index contributed by atoms with van der Waals surface area (Å²) < 4.78 is 31.6. The van der Waals surface area contributed by atoms with Crippen LogP contribution in [0.1, 0.15) is 33.6 Å². The molecule has 20 heavy (non-hydrogen) atoms. The standard InChI is InChI=1S/C15H25NO3S/c1-5-6-11-16(4)20(17,18)15-9-7-14(8-10-15)19-12-13(2)3/h7-10,13H,5-6,11-12H2,1-4H3. The fourth-order valence-electron chi connectivity index (χ4n) is 1.65. The van der Waals surface area contributed by atoms with Gasteiger partial charge < -0.3 is 4.74 Å². The third kappa shape index (κ3) is 4.80. The van der Waals surface area contributed by atoms with Crippen molar-refractivity contribution in [2.75, 3.05) is 20.2 Å². The number of sulfonamides is 1. The Morgan fingerprint density at radius 1 is 1.20 bits per heavy atom. The van der Waals surface area contributed by atoms with Crippen LogP contribution in [-0.4, -0.2) is 32.9 Å². The van der Waals surface area contributed by atoms with Crippen LogP contribution in [0, 0.1) is 5.92 Å². The van der Waals surface area contributed by atoms with Crippen molar-refractivity contribution in [3.05, 3.63) is 24.3 Å². The maximum Gasteiger partial charge on any atom is 0.242 e. The van der Waals surface area contributed by atoms with Gasteiger partial charge in [0.15, 0.2) is 0 Å². The molecule has 114 valence electrons. The van der Waals surface area contributed by atoms with Gasteiger partial charge in [-0.2, -0.15) is 0 Å². The highest BCUT2D eigenvalue weighted by atomic mass is 32.2. The van der Waals surface area contributed by atoms with Crippen LogP contribution < -0.4 is 4.74 Å². The fraction of sp³-hybridized carbons (Fsp3) is 0.600. The van der Waals surface area contributed by atoms with Gasteiger partial charge in [-0.25, -0.2) is 12.7 Å². The van der Waals surface area contributed by atoms with Gasteiger partial charge in [0.1, 0.15) is 5.75 Å². The number of nitrogens with zero attached hydrogens (tertiary/aromatic N) is 1. The first-order valence-corrected chi connectivity index (χ1v) is 8.51. The quantitative estimate of drug-likeness (QED) is 0.741. The van der Waals surface area contributed by atoms with Crippen molar-refractivity contribution < 1.29 is 13.2 Å².